The molecule has 1 heteroatoms. The first-order chi connectivity index (χ1) is 7.24. The van der Waals surface area contributed by atoms with Crippen LogP contribution >= 0.6 is 0 Å². The van der Waals surface area contributed by atoms with Gasteiger partial charge in [-0.05, 0) is 19.3 Å². The van der Waals surface area contributed by atoms with Gasteiger partial charge in [0.05, 0.1) is 0 Å². The van der Waals surface area contributed by atoms with E-state index in [4.69, 9.17) is 0 Å². The van der Waals surface area contributed by atoms with E-state index in [-0.39, 0.29) is 5.41 Å². The van der Waals surface area contributed by atoms with Gasteiger partial charge >= 0.3 is 0 Å². The first kappa shape index (κ1) is 14.7. The van der Waals surface area contributed by atoms with Gasteiger partial charge in [-0.15, -0.1) is 0 Å². The van der Waals surface area contributed by atoms with Crippen LogP contribution in [0.2, 0.25) is 0 Å². The molecular formula is C14H28O. The number of rotatable bonds is 10. The molecule has 0 rings (SSSR count). The van der Waals surface area contributed by atoms with Crippen molar-refractivity contribution >= 4 is 6.29 Å². The van der Waals surface area contributed by atoms with E-state index < -0.39 is 0 Å². The molecule has 0 aromatic heterocycles. The molecule has 0 aromatic carbocycles. The van der Waals surface area contributed by atoms with E-state index in [0.717, 1.165) is 19.3 Å². The zero-order valence-corrected chi connectivity index (χ0v) is 10.8. The van der Waals surface area contributed by atoms with E-state index in [1.807, 2.05) is 0 Å². The SMILES string of the molecule is CCCCC(C=O)(CCCC)CCCC. The first-order valence-electron chi connectivity index (χ1n) is 6.71. The maximum Gasteiger partial charge on any atom is 0.126 e. The lowest BCUT2D eigenvalue weighted by atomic mass is 9.76. The second-order valence-electron chi connectivity index (χ2n) is 4.79. The first-order valence-corrected chi connectivity index (χ1v) is 6.71. The van der Waals surface area contributed by atoms with Crippen LogP contribution in [0.1, 0.15) is 78.6 Å². The molecule has 1 nitrogen and oxygen atoms in total. The molecule has 0 saturated heterocycles. The second-order valence-corrected chi connectivity index (χ2v) is 4.79. The third-order valence-corrected chi connectivity index (χ3v) is 3.33. The van der Waals surface area contributed by atoms with Gasteiger partial charge in [0, 0.05) is 5.41 Å². The van der Waals surface area contributed by atoms with E-state index in [2.05, 4.69) is 20.8 Å². The summed E-state index contributed by atoms with van der Waals surface area (Å²) in [5.74, 6) is 0. The Balaban J connectivity index is 4.23. The Morgan fingerprint density at radius 3 is 1.33 bits per heavy atom. The smallest absolute Gasteiger partial charge is 0.126 e. The Bertz CT molecular complexity index is 130. The molecule has 0 aliphatic carbocycles. The second kappa shape index (κ2) is 8.94. The monoisotopic (exact) mass is 212 g/mol. The highest BCUT2D eigenvalue weighted by Gasteiger charge is 2.27. The van der Waals surface area contributed by atoms with Gasteiger partial charge in [-0.1, -0.05) is 59.3 Å². The molecule has 0 fully saturated rings. The van der Waals surface area contributed by atoms with E-state index >= 15 is 0 Å². The van der Waals surface area contributed by atoms with Crippen molar-refractivity contribution < 1.29 is 4.79 Å². The molecule has 0 saturated carbocycles. The number of hydrogen-bond donors (Lipinski definition) is 0. The van der Waals surface area contributed by atoms with Crippen molar-refractivity contribution in [3.63, 3.8) is 0 Å². The van der Waals surface area contributed by atoms with Crippen molar-refractivity contribution in [1.29, 1.82) is 0 Å². The number of aldehydes is 1. The molecule has 0 aliphatic heterocycles. The fourth-order valence-electron chi connectivity index (χ4n) is 2.14. The number of unbranched alkanes of at least 4 members (excludes halogenated alkanes) is 3. The van der Waals surface area contributed by atoms with Gasteiger partial charge in [0.1, 0.15) is 6.29 Å². The lowest BCUT2D eigenvalue weighted by Gasteiger charge is -2.28. The van der Waals surface area contributed by atoms with Gasteiger partial charge in [-0.25, -0.2) is 0 Å². The van der Waals surface area contributed by atoms with Gasteiger partial charge in [-0.3, -0.25) is 0 Å². The average Bonchev–Trinajstić information content (AvgIpc) is 2.29. The molecule has 0 spiro atoms. The Kier molecular flexibility index (Phi) is 8.74. The summed E-state index contributed by atoms with van der Waals surface area (Å²) in [6.07, 6.45) is 11.8. The highest BCUT2D eigenvalue weighted by molar-refractivity contribution is 5.59. The normalized spacial score (nSPS) is 11.7. The van der Waals surface area contributed by atoms with Crippen LogP contribution in [0.5, 0.6) is 0 Å². The zero-order chi connectivity index (χ0) is 11.6. The van der Waals surface area contributed by atoms with Crippen molar-refractivity contribution in [1.82, 2.24) is 0 Å². The summed E-state index contributed by atoms with van der Waals surface area (Å²) in [6, 6.07) is 0. The standard InChI is InChI=1S/C14H28O/c1-4-7-10-14(13-15,11-8-5-2)12-9-6-3/h13H,4-12H2,1-3H3. The van der Waals surface area contributed by atoms with E-state index in [0.29, 0.717) is 0 Å². The summed E-state index contributed by atoms with van der Waals surface area (Å²) in [6.45, 7) is 6.61. The van der Waals surface area contributed by atoms with Crippen LogP contribution in [-0.2, 0) is 4.79 Å². The quantitative estimate of drug-likeness (QED) is 0.478. The number of carbonyl (C=O) groups excluding carboxylic acids is 1. The Morgan fingerprint density at radius 2 is 1.13 bits per heavy atom. The van der Waals surface area contributed by atoms with Crippen LogP contribution in [-0.4, -0.2) is 6.29 Å². The highest BCUT2D eigenvalue weighted by atomic mass is 16.1. The average molecular weight is 212 g/mol. The minimum absolute atomic E-state index is 0.0159. The van der Waals surface area contributed by atoms with Crippen molar-refractivity contribution in [2.24, 2.45) is 5.41 Å². The number of hydrogen-bond acceptors (Lipinski definition) is 1. The Hall–Kier alpha value is -0.330. The molecule has 0 aliphatic rings. The van der Waals surface area contributed by atoms with Gasteiger partial charge in [0.15, 0.2) is 0 Å². The molecule has 0 aromatic rings. The summed E-state index contributed by atoms with van der Waals surface area (Å²) in [7, 11) is 0. The van der Waals surface area contributed by atoms with Crippen LogP contribution < -0.4 is 0 Å². The van der Waals surface area contributed by atoms with E-state index in [1.165, 1.54) is 44.8 Å². The molecule has 0 bridgehead atoms. The Labute approximate surface area is 95.6 Å². The summed E-state index contributed by atoms with van der Waals surface area (Å²) < 4.78 is 0. The predicted molar refractivity (Wildman–Crippen MR) is 67.1 cm³/mol. The van der Waals surface area contributed by atoms with Crippen molar-refractivity contribution in [2.75, 3.05) is 0 Å². The van der Waals surface area contributed by atoms with Crippen molar-refractivity contribution in [3.8, 4) is 0 Å². The van der Waals surface area contributed by atoms with Crippen molar-refractivity contribution in [2.45, 2.75) is 78.6 Å². The maximum absolute atomic E-state index is 11.3. The molecule has 90 valence electrons. The predicted octanol–water partition coefficient (Wildman–Crippen LogP) is 4.74. The summed E-state index contributed by atoms with van der Waals surface area (Å²) in [4.78, 5) is 11.3. The molecule has 0 amide bonds. The Morgan fingerprint density at radius 1 is 0.800 bits per heavy atom. The molecule has 0 heterocycles. The minimum Gasteiger partial charge on any atom is -0.303 e. The van der Waals surface area contributed by atoms with Crippen LogP contribution in [0.4, 0.5) is 0 Å². The third-order valence-electron chi connectivity index (χ3n) is 3.33. The molecule has 0 unspecified atom stereocenters. The molecule has 0 atom stereocenters. The zero-order valence-electron chi connectivity index (χ0n) is 10.8. The third kappa shape index (κ3) is 5.96. The fraction of sp³-hybridized carbons (Fsp3) is 0.929. The van der Waals surface area contributed by atoms with Gasteiger partial charge in [-0.2, -0.15) is 0 Å². The van der Waals surface area contributed by atoms with Gasteiger partial charge < -0.3 is 4.79 Å². The highest BCUT2D eigenvalue weighted by Crippen LogP contribution is 2.34. The lowest BCUT2D eigenvalue weighted by Crippen LogP contribution is -2.22. The van der Waals surface area contributed by atoms with Gasteiger partial charge in [0.2, 0.25) is 0 Å². The van der Waals surface area contributed by atoms with Crippen LogP contribution in [0, 0.1) is 5.41 Å². The summed E-state index contributed by atoms with van der Waals surface area (Å²) in [5, 5.41) is 0. The van der Waals surface area contributed by atoms with Crippen LogP contribution in [0.25, 0.3) is 0 Å². The minimum atomic E-state index is 0.0159. The molecular weight excluding hydrogens is 184 g/mol. The fourth-order valence-corrected chi connectivity index (χ4v) is 2.14. The molecule has 15 heavy (non-hydrogen) atoms. The largest absolute Gasteiger partial charge is 0.303 e. The summed E-state index contributed by atoms with van der Waals surface area (Å²) >= 11 is 0. The van der Waals surface area contributed by atoms with Crippen molar-refractivity contribution in [3.05, 3.63) is 0 Å². The van der Waals surface area contributed by atoms with Gasteiger partial charge in [0.25, 0.3) is 0 Å². The number of carbonyl (C=O) groups is 1. The van der Waals surface area contributed by atoms with Crippen LogP contribution in [0.3, 0.4) is 0 Å². The molecule has 0 radical (unpaired) electrons. The van der Waals surface area contributed by atoms with E-state index in [9.17, 15) is 4.79 Å². The topological polar surface area (TPSA) is 17.1 Å². The molecule has 0 N–H and O–H groups in total. The lowest BCUT2D eigenvalue weighted by molar-refractivity contribution is -0.117. The summed E-state index contributed by atoms with van der Waals surface area (Å²) in [5.41, 5.74) is 0.0159. The van der Waals surface area contributed by atoms with Crippen LogP contribution in [0.15, 0.2) is 0 Å². The van der Waals surface area contributed by atoms with E-state index in [1.54, 1.807) is 0 Å². The maximum atomic E-state index is 11.3.